The third-order valence-electron chi connectivity index (χ3n) is 5.29. The highest BCUT2D eigenvalue weighted by molar-refractivity contribution is 7.25. The van der Waals surface area contributed by atoms with Crippen molar-refractivity contribution in [3.05, 3.63) is 48.0 Å². The van der Waals surface area contributed by atoms with Gasteiger partial charge >= 0.3 is 0 Å². The maximum Gasteiger partial charge on any atom is 0.0358 e. The average Bonchev–Trinajstić information content (AvgIpc) is 3.02. The second-order valence-corrected chi connectivity index (χ2v) is 8.40. The highest BCUT2D eigenvalue weighted by Gasteiger charge is 2.08. The van der Waals surface area contributed by atoms with Crippen LogP contribution in [0.1, 0.15) is 76.7 Å². The summed E-state index contributed by atoms with van der Waals surface area (Å²) >= 11 is 1.93. The van der Waals surface area contributed by atoms with E-state index in [0.29, 0.717) is 0 Å². The maximum absolute atomic E-state index is 2.34. The fourth-order valence-corrected chi connectivity index (χ4v) is 5.01. The Kier molecular flexibility index (Phi) is 7.36. The average molecular weight is 353 g/mol. The van der Waals surface area contributed by atoms with Crippen molar-refractivity contribution in [3.63, 3.8) is 0 Å². The van der Waals surface area contributed by atoms with Crippen LogP contribution in [0.25, 0.3) is 20.2 Å². The molecule has 0 nitrogen and oxygen atoms in total. The Hall–Kier alpha value is -1.34. The zero-order valence-corrected chi connectivity index (χ0v) is 16.5. The van der Waals surface area contributed by atoms with Gasteiger partial charge in [0.15, 0.2) is 0 Å². The monoisotopic (exact) mass is 352 g/mol. The van der Waals surface area contributed by atoms with Crippen molar-refractivity contribution < 1.29 is 0 Å². The first kappa shape index (κ1) is 18.5. The van der Waals surface area contributed by atoms with E-state index in [-0.39, 0.29) is 0 Å². The molecule has 1 heteroatoms. The Labute approximate surface area is 157 Å². The SMILES string of the molecule is CCCCCCCCCCCCc1cccc2sc3ccccc3c12. The number of aryl methyl sites for hydroxylation is 1. The number of benzene rings is 2. The predicted octanol–water partition coefficient (Wildman–Crippen LogP) is 8.52. The van der Waals surface area contributed by atoms with Crippen molar-refractivity contribution in [2.24, 2.45) is 0 Å². The van der Waals surface area contributed by atoms with Crippen LogP contribution in [0.5, 0.6) is 0 Å². The van der Waals surface area contributed by atoms with E-state index in [0.717, 1.165) is 0 Å². The van der Waals surface area contributed by atoms with Gasteiger partial charge in [0.25, 0.3) is 0 Å². The smallest absolute Gasteiger partial charge is 0.0358 e. The summed E-state index contributed by atoms with van der Waals surface area (Å²) in [7, 11) is 0. The summed E-state index contributed by atoms with van der Waals surface area (Å²) in [6.45, 7) is 2.29. The first-order valence-electron chi connectivity index (χ1n) is 10.3. The number of fused-ring (bicyclic) bond motifs is 3. The van der Waals surface area contributed by atoms with Crippen molar-refractivity contribution in [2.45, 2.75) is 77.6 Å². The molecular weight excluding hydrogens is 320 g/mol. The number of thiophene rings is 1. The van der Waals surface area contributed by atoms with Crippen LogP contribution < -0.4 is 0 Å². The van der Waals surface area contributed by atoms with E-state index in [1.54, 1.807) is 5.56 Å². The van der Waals surface area contributed by atoms with Crippen LogP contribution in [0.3, 0.4) is 0 Å². The molecule has 0 fully saturated rings. The number of hydrogen-bond acceptors (Lipinski definition) is 1. The van der Waals surface area contributed by atoms with Crippen molar-refractivity contribution in [1.82, 2.24) is 0 Å². The lowest BCUT2D eigenvalue weighted by molar-refractivity contribution is 0.556. The van der Waals surface area contributed by atoms with Crippen LogP contribution in [0.4, 0.5) is 0 Å². The van der Waals surface area contributed by atoms with E-state index in [4.69, 9.17) is 0 Å². The van der Waals surface area contributed by atoms with Gasteiger partial charge in [-0.25, -0.2) is 0 Å². The van der Waals surface area contributed by atoms with E-state index in [2.05, 4.69) is 49.4 Å². The molecule has 3 aromatic rings. The molecule has 0 unspecified atom stereocenters. The molecule has 0 N–H and O–H groups in total. The molecule has 1 heterocycles. The van der Waals surface area contributed by atoms with Crippen molar-refractivity contribution in [1.29, 1.82) is 0 Å². The predicted molar refractivity (Wildman–Crippen MR) is 115 cm³/mol. The molecule has 134 valence electrons. The van der Waals surface area contributed by atoms with Crippen LogP contribution in [-0.2, 0) is 6.42 Å². The molecule has 25 heavy (non-hydrogen) atoms. The summed E-state index contributed by atoms with van der Waals surface area (Å²) in [5, 5.41) is 2.96. The molecule has 0 amide bonds. The van der Waals surface area contributed by atoms with Gasteiger partial charge in [0.1, 0.15) is 0 Å². The van der Waals surface area contributed by atoms with Gasteiger partial charge in [-0.3, -0.25) is 0 Å². The third kappa shape index (κ3) is 5.07. The fourth-order valence-electron chi connectivity index (χ4n) is 3.86. The number of hydrogen-bond donors (Lipinski definition) is 0. The summed E-state index contributed by atoms with van der Waals surface area (Å²) in [4.78, 5) is 0. The normalized spacial score (nSPS) is 11.6. The lowest BCUT2D eigenvalue weighted by Crippen LogP contribution is -1.88. The molecular formula is C24H32S. The summed E-state index contributed by atoms with van der Waals surface area (Å²) in [6.07, 6.45) is 15.3. The Bertz CT molecular complexity index is 768. The Morgan fingerprint density at radius 1 is 0.640 bits per heavy atom. The molecule has 0 bridgehead atoms. The second kappa shape index (κ2) is 9.97. The van der Waals surface area contributed by atoms with Gasteiger partial charge in [0, 0.05) is 20.2 Å². The van der Waals surface area contributed by atoms with Crippen LogP contribution in [0.15, 0.2) is 42.5 Å². The van der Waals surface area contributed by atoms with E-state index in [1.165, 1.54) is 90.8 Å². The van der Waals surface area contributed by atoms with Gasteiger partial charge in [-0.2, -0.15) is 0 Å². The topological polar surface area (TPSA) is 0 Å². The van der Waals surface area contributed by atoms with E-state index in [1.807, 2.05) is 11.3 Å². The summed E-state index contributed by atoms with van der Waals surface area (Å²) in [5.74, 6) is 0. The largest absolute Gasteiger partial charge is 0.135 e. The van der Waals surface area contributed by atoms with Gasteiger partial charge in [-0.05, 0) is 30.5 Å². The minimum absolute atomic E-state index is 1.23. The summed E-state index contributed by atoms with van der Waals surface area (Å²) in [5.41, 5.74) is 1.55. The van der Waals surface area contributed by atoms with Crippen LogP contribution >= 0.6 is 11.3 Å². The molecule has 0 aliphatic rings. The van der Waals surface area contributed by atoms with Gasteiger partial charge < -0.3 is 0 Å². The van der Waals surface area contributed by atoms with E-state index < -0.39 is 0 Å². The molecule has 0 radical (unpaired) electrons. The number of unbranched alkanes of at least 4 members (excludes halogenated alkanes) is 9. The van der Waals surface area contributed by atoms with Crippen LogP contribution in [-0.4, -0.2) is 0 Å². The highest BCUT2D eigenvalue weighted by atomic mass is 32.1. The fraction of sp³-hybridized carbons (Fsp3) is 0.500. The standard InChI is InChI=1S/C24H32S/c1-2-3-4-5-6-7-8-9-10-11-15-20-16-14-19-23-24(20)21-17-12-13-18-22(21)25-23/h12-14,16-19H,2-11,15H2,1H3. The Morgan fingerprint density at radius 2 is 1.28 bits per heavy atom. The molecule has 1 aromatic heterocycles. The van der Waals surface area contributed by atoms with E-state index >= 15 is 0 Å². The van der Waals surface area contributed by atoms with Crippen molar-refractivity contribution >= 4 is 31.5 Å². The van der Waals surface area contributed by atoms with Crippen molar-refractivity contribution in [2.75, 3.05) is 0 Å². The Morgan fingerprint density at radius 3 is 2.04 bits per heavy atom. The minimum atomic E-state index is 1.23. The van der Waals surface area contributed by atoms with Gasteiger partial charge in [0.05, 0.1) is 0 Å². The maximum atomic E-state index is 2.34. The molecule has 0 spiro atoms. The molecule has 0 saturated carbocycles. The van der Waals surface area contributed by atoms with E-state index in [9.17, 15) is 0 Å². The molecule has 2 aromatic carbocycles. The quantitative estimate of drug-likeness (QED) is 0.303. The van der Waals surface area contributed by atoms with Gasteiger partial charge in [0.2, 0.25) is 0 Å². The lowest BCUT2D eigenvalue weighted by atomic mass is 10.00. The van der Waals surface area contributed by atoms with Gasteiger partial charge in [-0.15, -0.1) is 11.3 Å². The lowest BCUT2D eigenvalue weighted by Gasteiger charge is -2.05. The van der Waals surface area contributed by atoms with Crippen LogP contribution in [0, 0.1) is 0 Å². The first-order chi connectivity index (χ1) is 12.4. The minimum Gasteiger partial charge on any atom is -0.135 e. The molecule has 0 aliphatic heterocycles. The zero-order valence-electron chi connectivity index (χ0n) is 15.7. The summed E-state index contributed by atoms with van der Waals surface area (Å²) in [6, 6.07) is 15.7. The zero-order chi connectivity index (χ0) is 17.3. The Balaban J connectivity index is 1.45. The highest BCUT2D eigenvalue weighted by Crippen LogP contribution is 2.36. The second-order valence-electron chi connectivity index (χ2n) is 7.32. The summed E-state index contributed by atoms with van der Waals surface area (Å²) < 4.78 is 2.87. The van der Waals surface area contributed by atoms with Crippen LogP contribution in [0.2, 0.25) is 0 Å². The van der Waals surface area contributed by atoms with Crippen molar-refractivity contribution in [3.8, 4) is 0 Å². The van der Waals surface area contributed by atoms with Gasteiger partial charge in [-0.1, -0.05) is 95.0 Å². The molecule has 0 aliphatic carbocycles. The molecule has 0 saturated heterocycles. The first-order valence-corrected chi connectivity index (χ1v) is 11.1. The number of rotatable bonds is 11. The molecule has 0 atom stereocenters. The molecule has 3 rings (SSSR count). The third-order valence-corrected chi connectivity index (χ3v) is 6.42.